The molecule has 0 aromatic rings. The van der Waals surface area contributed by atoms with E-state index in [0.29, 0.717) is 0 Å². The van der Waals surface area contributed by atoms with Crippen LogP contribution in [0.15, 0.2) is 0 Å². The first-order valence-corrected chi connectivity index (χ1v) is 8.36. The van der Waals surface area contributed by atoms with Crippen molar-refractivity contribution in [2.75, 3.05) is 20.6 Å². The average molecular weight is 373 g/mol. The molecule has 0 fully saturated rings. The predicted molar refractivity (Wildman–Crippen MR) is 95.4 cm³/mol. The van der Waals surface area contributed by atoms with Gasteiger partial charge in [-0.15, -0.1) is 0 Å². The van der Waals surface area contributed by atoms with E-state index in [-0.39, 0.29) is 12.3 Å². The fourth-order valence-electron chi connectivity index (χ4n) is 1.94. The molecule has 0 heterocycles. The lowest BCUT2D eigenvalue weighted by Crippen LogP contribution is -2.55. The highest BCUT2D eigenvalue weighted by Crippen LogP contribution is 2.08. The number of hydrogen-bond acceptors (Lipinski definition) is 6. The minimum atomic E-state index is -1.27. The lowest BCUT2D eigenvalue weighted by molar-refractivity contribution is -0.143. The predicted octanol–water partition coefficient (Wildman–Crippen LogP) is 0.155. The summed E-state index contributed by atoms with van der Waals surface area (Å²) in [4.78, 5) is 50.3. The number of amides is 3. The number of nitrogens with one attached hydrogen (secondary N) is 1. The number of carbonyl (C=O) groups excluding carboxylic acids is 4. The van der Waals surface area contributed by atoms with Crippen LogP contribution in [0, 0.1) is 0 Å². The summed E-state index contributed by atoms with van der Waals surface area (Å²) >= 11 is 0. The number of ether oxygens (including phenoxy) is 1. The zero-order valence-corrected chi connectivity index (χ0v) is 16.8. The molecular weight excluding hydrogens is 342 g/mol. The summed E-state index contributed by atoms with van der Waals surface area (Å²) in [6.45, 7) is 9.02. The smallest absolute Gasteiger partial charge is 0.408 e. The first-order chi connectivity index (χ1) is 11.7. The molecule has 0 aromatic carbocycles. The summed E-state index contributed by atoms with van der Waals surface area (Å²) in [6.07, 6.45) is -2.04. The third kappa shape index (κ3) is 7.81. The first-order valence-electron chi connectivity index (χ1n) is 8.36. The van der Waals surface area contributed by atoms with E-state index in [1.54, 1.807) is 27.7 Å². The van der Waals surface area contributed by atoms with Gasteiger partial charge < -0.3 is 25.0 Å². The Hall–Kier alpha value is -2.16. The molecule has 9 heteroatoms. The van der Waals surface area contributed by atoms with Gasteiger partial charge >= 0.3 is 6.09 Å². The summed E-state index contributed by atoms with van der Waals surface area (Å²) in [5.74, 6) is -1.27. The molecule has 0 aliphatic heterocycles. The monoisotopic (exact) mass is 373 g/mol. The Labute approximate surface area is 154 Å². The molecule has 0 aromatic heterocycles. The Morgan fingerprint density at radius 3 is 2.00 bits per heavy atom. The fraction of sp³-hybridized carbons (Fsp3) is 0.765. The van der Waals surface area contributed by atoms with Crippen molar-refractivity contribution in [3.8, 4) is 0 Å². The Bertz CT molecular complexity index is 541. The van der Waals surface area contributed by atoms with Gasteiger partial charge in [0.15, 0.2) is 5.78 Å². The molecule has 0 saturated carbocycles. The number of aliphatic hydroxyl groups is 1. The number of nitrogens with zero attached hydrogens (tertiary/aromatic N) is 2. The van der Waals surface area contributed by atoms with Crippen molar-refractivity contribution in [2.24, 2.45) is 0 Å². The van der Waals surface area contributed by atoms with Gasteiger partial charge in [-0.3, -0.25) is 14.4 Å². The molecule has 0 rings (SSSR count). The quantitative estimate of drug-likeness (QED) is 0.656. The SMILES string of the molecule is CC(=O)[C@H](C)N(C)C(=O)CN(C)C(=O)[C@@H](NC(=O)OC(C)(C)C)[C@@H](C)O. The first kappa shape index (κ1) is 23.8. The van der Waals surface area contributed by atoms with Gasteiger partial charge in [-0.05, 0) is 41.5 Å². The van der Waals surface area contributed by atoms with E-state index in [1.165, 1.54) is 32.8 Å². The van der Waals surface area contributed by atoms with Gasteiger partial charge in [0.25, 0.3) is 0 Å². The van der Waals surface area contributed by atoms with E-state index in [0.717, 1.165) is 4.90 Å². The Balaban J connectivity index is 5.00. The van der Waals surface area contributed by atoms with Crippen LogP contribution in [0.5, 0.6) is 0 Å². The molecule has 0 unspecified atom stereocenters. The van der Waals surface area contributed by atoms with E-state index >= 15 is 0 Å². The normalized spacial score (nSPS) is 14.7. The zero-order valence-electron chi connectivity index (χ0n) is 16.8. The second-order valence-corrected chi connectivity index (χ2v) is 7.35. The minimum absolute atomic E-state index is 0.178. The molecule has 26 heavy (non-hydrogen) atoms. The molecule has 0 radical (unpaired) electrons. The number of hydrogen-bond donors (Lipinski definition) is 2. The number of ketones is 1. The van der Waals surface area contributed by atoms with Crippen molar-refractivity contribution < 1.29 is 29.0 Å². The minimum Gasteiger partial charge on any atom is -0.444 e. The summed E-state index contributed by atoms with van der Waals surface area (Å²) in [5.41, 5.74) is -0.760. The summed E-state index contributed by atoms with van der Waals surface area (Å²) < 4.78 is 5.08. The molecule has 3 atom stereocenters. The molecule has 9 nitrogen and oxygen atoms in total. The molecule has 0 aliphatic rings. The van der Waals surface area contributed by atoms with E-state index < -0.39 is 41.7 Å². The van der Waals surface area contributed by atoms with Crippen molar-refractivity contribution in [1.82, 2.24) is 15.1 Å². The molecule has 0 spiro atoms. The zero-order chi connectivity index (χ0) is 20.8. The van der Waals surface area contributed by atoms with Crippen LogP contribution in [0.4, 0.5) is 4.79 Å². The van der Waals surface area contributed by atoms with Crippen LogP contribution in [-0.4, -0.2) is 83.0 Å². The average Bonchev–Trinajstić information content (AvgIpc) is 2.47. The van der Waals surface area contributed by atoms with Crippen LogP contribution >= 0.6 is 0 Å². The molecule has 0 aliphatic carbocycles. The third-order valence-corrected chi connectivity index (χ3v) is 3.73. The second-order valence-electron chi connectivity index (χ2n) is 7.35. The van der Waals surface area contributed by atoms with Crippen molar-refractivity contribution in [3.05, 3.63) is 0 Å². The Morgan fingerprint density at radius 2 is 1.62 bits per heavy atom. The van der Waals surface area contributed by atoms with Crippen molar-refractivity contribution in [2.45, 2.75) is 65.3 Å². The number of alkyl carbamates (subject to hydrolysis) is 1. The topological polar surface area (TPSA) is 116 Å². The fourth-order valence-corrected chi connectivity index (χ4v) is 1.94. The van der Waals surface area contributed by atoms with Crippen LogP contribution in [-0.2, 0) is 19.1 Å². The van der Waals surface area contributed by atoms with Crippen LogP contribution in [0.1, 0.15) is 41.5 Å². The van der Waals surface area contributed by atoms with Gasteiger partial charge in [0.1, 0.15) is 11.6 Å². The van der Waals surface area contributed by atoms with Gasteiger partial charge in [0.2, 0.25) is 11.8 Å². The van der Waals surface area contributed by atoms with E-state index in [4.69, 9.17) is 4.74 Å². The number of carbonyl (C=O) groups is 4. The highest BCUT2D eigenvalue weighted by Gasteiger charge is 2.31. The molecule has 0 bridgehead atoms. The number of aliphatic hydroxyl groups excluding tert-OH is 1. The highest BCUT2D eigenvalue weighted by atomic mass is 16.6. The van der Waals surface area contributed by atoms with E-state index in [9.17, 15) is 24.3 Å². The van der Waals surface area contributed by atoms with Crippen LogP contribution < -0.4 is 5.32 Å². The van der Waals surface area contributed by atoms with Crippen LogP contribution in [0.2, 0.25) is 0 Å². The second kappa shape index (κ2) is 9.51. The summed E-state index contributed by atoms with van der Waals surface area (Å²) in [6, 6.07) is -1.88. The van der Waals surface area contributed by atoms with Crippen molar-refractivity contribution >= 4 is 23.7 Å². The highest BCUT2D eigenvalue weighted by molar-refractivity contribution is 5.91. The van der Waals surface area contributed by atoms with E-state index in [1.807, 2.05) is 0 Å². The standard InChI is InChI=1S/C17H31N3O6/c1-10(11(2)21)20(8)13(23)9-19(7)15(24)14(12(3)22)18-16(25)26-17(4,5)6/h10,12,14,22H,9H2,1-8H3,(H,18,25)/t10-,12+,14-/m0/s1. The molecule has 150 valence electrons. The number of likely N-dealkylation sites (N-methyl/N-ethyl adjacent to an activating group) is 2. The van der Waals surface area contributed by atoms with Gasteiger partial charge in [-0.1, -0.05) is 0 Å². The van der Waals surface area contributed by atoms with Gasteiger partial charge in [0, 0.05) is 14.1 Å². The van der Waals surface area contributed by atoms with Crippen LogP contribution in [0.25, 0.3) is 0 Å². The summed E-state index contributed by atoms with van der Waals surface area (Å²) in [5, 5.41) is 12.1. The largest absolute Gasteiger partial charge is 0.444 e. The van der Waals surface area contributed by atoms with Crippen molar-refractivity contribution in [1.29, 1.82) is 0 Å². The van der Waals surface area contributed by atoms with E-state index in [2.05, 4.69) is 5.32 Å². The maximum absolute atomic E-state index is 12.5. The number of Topliss-reactive ketones (excluding diaryl/α,β-unsaturated/α-hetero) is 1. The summed E-state index contributed by atoms with van der Waals surface area (Å²) in [7, 11) is 2.84. The van der Waals surface area contributed by atoms with Crippen molar-refractivity contribution in [3.63, 3.8) is 0 Å². The van der Waals surface area contributed by atoms with Gasteiger partial charge in [-0.2, -0.15) is 0 Å². The maximum Gasteiger partial charge on any atom is 0.408 e. The molecule has 2 N–H and O–H groups in total. The molecular formula is C17H31N3O6. The van der Waals surface area contributed by atoms with Crippen LogP contribution in [0.3, 0.4) is 0 Å². The lowest BCUT2D eigenvalue weighted by Gasteiger charge is -2.29. The lowest BCUT2D eigenvalue weighted by atomic mass is 10.1. The number of rotatable bonds is 7. The Kier molecular flexibility index (Phi) is 8.72. The van der Waals surface area contributed by atoms with Gasteiger partial charge in [-0.25, -0.2) is 4.79 Å². The Morgan fingerprint density at radius 1 is 1.12 bits per heavy atom. The van der Waals surface area contributed by atoms with Gasteiger partial charge in [0.05, 0.1) is 18.7 Å². The maximum atomic E-state index is 12.5. The molecule has 3 amide bonds. The molecule has 0 saturated heterocycles. The third-order valence-electron chi connectivity index (χ3n) is 3.73.